The maximum absolute atomic E-state index is 12.1. The van der Waals surface area contributed by atoms with Crippen LogP contribution in [0.4, 0.5) is 5.69 Å². The summed E-state index contributed by atoms with van der Waals surface area (Å²) in [5.41, 5.74) is 6.69. The van der Waals surface area contributed by atoms with Crippen molar-refractivity contribution in [3.05, 3.63) is 53.9 Å². The molecule has 0 bridgehead atoms. The van der Waals surface area contributed by atoms with Crippen LogP contribution in [-0.2, 0) is 0 Å². The van der Waals surface area contributed by atoms with Crippen molar-refractivity contribution in [2.75, 3.05) is 10.7 Å². The van der Waals surface area contributed by atoms with Crippen LogP contribution in [0.25, 0.3) is 0 Å². The summed E-state index contributed by atoms with van der Waals surface area (Å²) in [7, 11) is 0. The number of hydrogen-bond donors (Lipinski definition) is 1. The van der Waals surface area contributed by atoms with Crippen LogP contribution in [-0.4, -0.2) is 16.5 Å². The van der Waals surface area contributed by atoms with E-state index in [0.29, 0.717) is 11.3 Å². The highest BCUT2D eigenvalue weighted by Gasteiger charge is 2.38. The smallest absolute Gasteiger partial charge is 0.283 e. The van der Waals surface area contributed by atoms with E-state index in [0.717, 1.165) is 5.01 Å². The maximum Gasteiger partial charge on any atom is 0.283 e. The van der Waals surface area contributed by atoms with Gasteiger partial charge in [-0.25, -0.2) is 0 Å². The topological polar surface area (TPSA) is 68.3 Å². The molecule has 2 aromatic rings. The van der Waals surface area contributed by atoms with Crippen LogP contribution < -0.4 is 10.7 Å². The van der Waals surface area contributed by atoms with Gasteiger partial charge >= 0.3 is 0 Å². The number of nitrogens with two attached hydrogens (primary N) is 1. The average Bonchev–Trinajstić information content (AvgIpc) is 2.88. The Morgan fingerprint density at radius 2 is 1.65 bits per heavy atom. The van der Waals surface area contributed by atoms with E-state index in [9.17, 15) is 9.59 Å². The number of carbonyl (C=O) groups excluding carboxylic acids is 2. The molecule has 0 fully saturated rings. The molecular weight excluding hydrogens is 218 g/mol. The predicted octanol–water partition coefficient (Wildman–Crippen LogP) is 1.00. The van der Waals surface area contributed by atoms with Crippen LogP contribution in [0.15, 0.2) is 42.7 Å². The number of carbonyl (C=O) groups is 2. The minimum Gasteiger partial charge on any atom is -0.398 e. The molecule has 3 rings (SSSR count). The monoisotopic (exact) mass is 227 g/mol. The van der Waals surface area contributed by atoms with Gasteiger partial charge in [0.25, 0.3) is 11.8 Å². The molecule has 2 heterocycles. The normalized spacial score (nSPS) is 14.2. The average molecular weight is 227 g/mol. The van der Waals surface area contributed by atoms with E-state index in [4.69, 9.17) is 5.73 Å². The number of fused-ring (bicyclic) bond motifs is 1. The largest absolute Gasteiger partial charge is 0.398 e. The molecule has 0 radical (unpaired) electrons. The zero-order valence-corrected chi connectivity index (χ0v) is 8.83. The number of hydrogen-bond acceptors (Lipinski definition) is 3. The van der Waals surface area contributed by atoms with Gasteiger partial charge in [-0.2, -0.15) is 5.01 Å². The van der Waals surface area contributed by atoms with Gasteiger partial charge in [0.15, 0.2) is 0 Å². The Morgan fingerprint density at radius 3 is 2.29 bits per heavy atom. The van der Waals surface area contributed by atoms with Crippen molar-refractivity contribution in [3.8, 4) is 0 Å². The molecule has 1 aromatic heterocycles. The molecule has 5 nitrogen and oxygen atoms in total. The Morgan fingerprint density at radius 1 is 0.941 bits per heavy atom. The Hall–Kier alpha value is -2.56. The third-order valence-electron chi connectivity index (χ3n) is 2.75. The molecule has 17 heavy (non-hydrogen) atoms. The molecule has 0 saturated carbocycles. The highest BCUT2D eigenvalue weighted by atomic mass is 16.2. The van der Waals surface area contributed by atoms with Gasteiger partial charge in [0.2, 0.25) is 0 Å². The zero-order chi connectivity index (χ0) is 12.0. The first-order valence-electron chi connectivity index (χ1n) is 5.10. The quantitative estimate of drug-likeness (QED) is 0.583. The molecule has 2 N–H and O–H groups in total. The van der Waals surface area contributed by atoms with Gasteiger partial charge in [0.1, 0.15) is 0 Å². The van der Waals surface area contributed by atoms with Crippen molar-refractivity contribution in [2.45, 2.75) is 0 Å². The molecule has 0 saturated heterocycles. The maximum atomic E-state index is 12.1. The van der Waals surface area contributed by atoms with Gasteiger partial charge in [-0.3, -0.25) is 14.3 Å². The minimum atomic E-state index is -0.390. The van der Waals surface area contributed by atoms with Crippen LogP contribution in [0, 0.1) is 0 Å². The summed E-state index contributed by atoms with van der Waals surface area (Å²) in [5.74, 6) is -0.743. The lowest BCUT2D eigenvalue weighted by molar-refractivity contribution is 0.0887. The number of anilines is 1. The van der Waals surface area contributed by atoms with Gasteiger partial charge in [-0.15, -0.1) is 0 Å². The van der Waals surface area contributed by atoms with Crippen molar-refractivity contribution in [2.24, 2.45) is 0 Å². The number of amides is 2. The second-order valence-corrected chi connectivity index (χ2v) is 3.75. The second kappa shape index (κ2) is 3.21. The van der Waals surface area contributed by atoms with E-state index in [1.807, 2.05) is 0 Å². The van der Waals surface area contributed by atoms with Gasteiger partial charge in [0, 0.05) is 18.1 Å². The van der Waals surface area contributed by atoms with Crippen molar-refractivity contribution < 1.29 is 9.59 Å². The summed E-state index contributed by atoms with van der Waals surface area (Å²) in [4.78, 5) is 24.2. The lowest BCUT2D eigenvalue weighted by Crippen LogP contribution is -2.38. The molecule has 1 aromatic carbocycles. The van der Waals surface area contributed by atoms with E-state index in [-0.39, 0.29) is 17.4 Å². The van der Waals surface area contributed by atoms with Crippen LogP contribution in [0.3, 0.4) is 0 Å². The number of benzene rings is 1. The lowest BCUT2D eigenvalue weighted by Gasteiger charge is -2.14. The molecule has 5 heteroatoms. The molecular formula is C12H9N3O2. The number of rotatable bonds is 1. The van der Waals surface area contributed by atoms with Crippen LogP contribution in [0.2, 0.25) is 0 Å². The SMILES string of the molecule is Nc1cccc2c1C(=O)N(n1cccc1)C2=O. The van der Waals surface area contributed by atoms with Gasteiger partial charge in [-0.05, 0) is 24.3 Å². The molecule has 0 spiro atoms. The van der Waals surface area contributed by atoms with E-state index < -0.39 is 0 Å². The summed E-state index contributed by atoms with van der Waals surface area (Å²) in [6, 6.07) is 8.37. The standard InChI is InChI=1S/C12H9N3O2/c13-9-5-3-4-8-10(9)12(17)15(11(8)16)14-6-1-2-7-14/h1-7H,13H2. The third-order valence-corrected chi connectivity index (χ3v) is 2.75. The fraction of sp³-hybridized carbons (Fsp3) is 0. The van der Waals surface area contributed by atoms with Crippen molar-refractivity contribution in [1.29, 1.82) is 0 Å². The van der Waals surface area contributed by atoms with Crippen molar-refractivity contribution in [1.82, 2.24) is 4.68 Å². The Labute approximate surface area is 97.0 Å². The molecule has 1 aliphatic rings. The fourth-order valence-corrected chi connectivity index (χ4v) is 1.97. The number of aromatic nitrogens is 1. The Bertz CT molecular complexity index is 617. The molecule has 1 aliphatic heterocycles. The summed E-state index contributed by atoms with van der Waals surface area (Å²) in [5, 5.41) is 1.07. The molecule has 84 valence electrons. The van der Waals surface area contributed by atoms with E-state index in [1.54, 1.807) is 42.7 Å². The van der Waals surface area contributed by atoms with E-state index in [2.05, 4.69) is 0 Å². The van der Waals surface area contributed by atoms with Crippen LogP contribution in [0.1, 0.15) is 20.7 Å². The first-order chi connectivity index (χ1) is 8.20. The molecule has 2 amide bonds. The zero-order valence-electron chi connectivity index (χ0n) is 8.83. The molecule has 0 unspecified atom stereocenters. The van der Waals surface area contributed by atoms with Gasteiger partial charge < -0.3 is 5.73 Å². The predicted molar refractivity (Wildman–Crippen MR) is 62.2 cm³/mol. The van der Waals surface area contributed by atoms with Gasteiger partial charge in [-0.1, -0.05) is 6.07 Å². The Kier molecular flexibility index (Phi) is 1.82. The lowest BCUT2D eigenvalue weighted by atomic mass is 10.1. The summed E-state index contributed by atoms with van der Waals surface area (Å²) < 4.78 is 1.45. The van der Waals surface area contributed by atoms with Crippen molar-refractivity contribution in [3.63, 3.8) is 0 Å². The number of nitrogens with zero attached hydrogens (tertiary/aromatic N) is 2. The van der Waals surface area contributed by atoms with Crippen LogP contribution >= 0.6 is 0 Å². The van der Waals surface area contributed by atoms with E-state index >= 15 is 0 Å². The molecule has 0 atom stereocenters. The number of imide groups is 1. The number of nitrogen functional groups attached to an aromatic ring is 1. The third kappa shape index (κ3) is 1.19. The highest BCUT2D eigenvalue weighted by Crippen LogP contribution is 2.26. The van der Waals surface area contributed by atoms with Crippen molar-refractivity contribution >= 4 is 17.5 Å². The summed E-state index contributed by atoms with van der Waals surface area (Å²) >= 11 is 0. The first kappa shape index (κ1) is 9.65. The minimum absolute atomic E-state index is 0.284. The van der Waals surface area contributed by atoms with Gasteiger partial charge in [0.05, 0.1) is 11.1 Å². The highest BCUT2D eigenvalue weighted by molar-refractivity contribution is 6.32. The summed E-state index contributed by atoms with van der Waals surface area (Å²) in [6.07, 6.45) is 3.27. The fourth-order valence-electron chi connectivity index (χ4n) is 1.97. The first-order valence-corrected chi connectivity index (χ1v) is 5.10. The Balaban J connectivity index is 2.19. The van der Waals surface area contributed by atoms with E-state index in [1.165, 1.54) is 4.68 Å². The van der Waals surface area contributed by atoms with Crippen LogP contribution in [0.5, 0.6) is 0 Å². The molecule has 0 aliphatic carbocycles. The summed E-state index contributed by atoms with van der Waals surface area (Å²) in [6.45, 7) is 0. The second-order valence-electron chi connectivity index (χ2n) is 3.75.